The molecule has 0 bridgehead atoms. The van der Waals surface area contributed by atoms with E-state index in [-0.39, 0.29) is 6.42 Å². The van der Waals surface area contributed by atoms with E-state index >= 15 is 0 Å². The molecule has 2 aromatic rings. The number of aromatic nitrogens is 1. The van der Waals surface area contributed by atoms with Crippen LogP contribution in [-0.2, 0) is 17.8 Å². The zero-order valence-electron chi connectivity index (χ0n) is 10.00. The number of nitrogens with zero attached hydrogens (tertiary/aromatic N) is 2. The number of furan rings is 1. The monoisotopic (exact) mass is 266 g/mol. The zero-order chi connectivity index (χ0) is 13.0. The number of anilines is 1. The quantitative estimate of drug-likeness (QED) is 0.869. The highest BCUT2D eigenvalue weighted by Crippen LogP contribution is 2.21. The molecule has 5 nitrogen and oxygen atoms in total. The average molecular weight is 266 g/mol. The number of carbonyl (C=O) groups is 1. The van der Waals surface area contributed by atoms with E-state index in [4.69, 9.17) is 9.52 Å². The molecule has 0 amide bonds. The highest BCUT2D eigenvalue weighted by atomic mass is 32.1. The van der Waals surface area contributed by atoms with Crippen molar-refractivity contribution in [3.05, 3.63) is 35.2 Å². The summed E-state index contributed by atoms with van der Waals surface area (Å²) < 4.78 is 5.27. The molecule has 0 aliphatic heterocycles. The third kappa shape index (κ3) is 3.33. The molecule has 6 heteroatoms. The summed E-state index contributed by atoms with van der Waals surface area (Å²) in [5.41, 5.74) is 0.823. The van der Waals surface area contributed by atoms with Crippen molar-refractivity contribution < 1.29 is 14.3 Å². The van der Waals surface area contributed by atoms with Gasteiger partial charge < -0.3 is 14.4 Å². The van der Waals surface area contributed by atoms with Crippen LogP contribution in [0.1, 0.15) is 17.9 Å². The standard InChI is InChI=1S/C12H14N2O3S/c1-14(7-10-3-2-6-17-10)12-13-9(8-18-12)4-5-11(15)16/h2-3,6,8H,4-5,7H2,1H3,(H,15,16). The van der Waals surface area contributed by atoms with Crippen LogP contribution in [-0.4, -0.2) is 23.1 Å². The first kappa shape index (κ1) is 12.6. The number of hydrogen-bond donors (Lipinski definition) is 1. The molecule has 0 aliphatic carbocycles. The first-order chi connectivity index (χ1) is 8.65. The summed E-state index contributed by atoms with van der Waals surface area (Å²) in [7, 11) is 1.93. The van der Waals surface area contributed by atoms with Gasteiger partial charge in [-0.25, -0.2) is 4.98 Å². The van der Waals surface area contributed by atoms with Crippen molar-refractivity contribution >= 4 is 22.4 Å². The van der Waals surface area contributed by atoms with E-state index in [0.29, 0.717) is 13.0 Å². The minimum absolute atomic E-state index is 0.116. The summed E-state index contributed by atoms with van der Waals surface area (Å²) in [5.74, 6) is 0.0771. The first-order valence-corrected chi connectivity index (χ1v) is 6.43. The highest BCUT2D eigenvalue weighted by molar-refractivity contribution is 7.13. The van der Waals surface area contributed by atoms with Crippen molar-refractivity contribution in [3.63, 3.8) is 0 Å². The molecule has 0 spiro atoms. The van der Waals surface area contributed by atoms with Gasteiger partial charge in [0.2, 0.25) is 0 Å². The first-order valence-electron chi connectivity index (χ1n) is 5.55. The van der Waals surface area contributed by atoms with E-state index in [2.05, 4.69) is 4.98 Å². The maximum Gasteiger partial charge on any atom is 0.303 e. The molecule has 2 heterocycles. The van der Waals surface area contributed by atoms with Gasteiger partial charge in [0.15, 0.2) is 5.13 Å². The lowest BCUT2D eigenvalue weighted by Gasteiger charge is -2.13. The molecular weight excluding hydrogens is 252 g/mol. The van der Waals surface area contributed by atoms with Crippen molar-refractivity contribution in [1.82, 2.24) is 4.98 Å². The maximum atomic E-state index is 10.5. The largest absolute Gasteiger partial charge is 0.481 e. The molecule has 0 radical (unpaired) electrons. The van der Waals surface area contributed by atoms with Gasteiger partial charge in [-0.05, 0) is 12.1 Å². The van der Waals surface area contributed by atoms with Crippen LogP contribution in [0, 0.1) is 0 Å². The molecule has 18 heavy (non-hydrogen) atoms. The van der Waals surface area contributed by atoms with Gasteiger partial charge >= 0.3 is 5.97 Å². The van der Waals surface area contributed by atoms with E-state index < -0.39 is 5.97 Å². The van der Waals surface area contributed by atoms with Crippen molar-refractivity contribution in [3.8, 4) is 0 Å². The van der Waals surface area contributed by atoms with Gasteiger partial charge in [0.25, 0.3) is 0 Å². The predicted molar refractivity (Wildman–Crippen MR) is 68.9 cm³/mol. The van der Waals surface area contributed by atoms with E-state index in [1.807, 2.05) is 29.5 Å². The molecule has 2 rings (SSSR count). The second-order valence-corrected chi connectivity index (χ2v) is 4.79. The van der Waals surface area contributed by atoms with E-state index in [9.17, 15) is 4.79 Å². The van der Waals surface area contributed by atoms with Crippen LogP contribution in [0.15, 0.2) is 28.2 Å². The van der Waals surface area contributed by atoms with Crippen LogP contribution >= 0.6 is 11.3 Å². The molecule has 0 saturated heterocycles. The number of aryl methyl sites for hydroxylation is 1. The summed E-state index contributed by atoms with van der Waals surface area (Å²) in [6.45, 7) is 0.652. The normalized spacial score (nSPS) is 10.5. The summed E-state index contributed by atoms with van der Waals surface area (Å²) in [5, 5.41) is 11.4. The van der Waals surface area contributed by atoms with Crippen LogP contribution in [0.4, 0.5) is 5.13 Å². The van der Waals surface area contributed by atoms with Gasteiger partial charge in [0, 0.05) is 18.8 Å². The SMILES string of the molecule is CN(Cc1ccco1)c1nc(CCC(=O)O)cs1. The van der Waals surface area contributed by atoms with Gasteiger partial charge in [-0.1, -0.05) is 0 Å². The van der Waals surface area contributed by atoms with Gasteiger partial charge in [0.05, 0.1) is 24.9 Å². The van der Waals surface area contributed by atoms with Gasteiger partial charge in [0.1, 0.15) is 5.76 Å². The number of carboxylic acid groups (broad SMARTS) is 1. The molecule has 1 N–H and O–H groups in total. The lowest BCUT2D eigenvalue weighted by atomic mass is 10.2. The fraction of sp³-hybridized carbons (Fsp3) is 0.333. The predicted octanol–water partition coefficient (Wildman–Crippen LogP) is 2.39. The molecular formula is C12H14N2O3S. The topological polar surface area (TPSA) is 66.6 Å². The highest BCUT2D eigenvalue weighted by Gasteiger charge is 2.09. The Bertz CT molecular complexity index is 507. The van der Waals surface area contributed by atoms with Gasteiger partial charge in [-0.2, -0.15) is 0 Å². The third-order valence-corrected chi connectivity index (χ3v) is 3.44. The molecule has 0 saturated carbocycles. The smallest absolute Gasteiger partial charge is 0.303 e. The molecule has 96 valence electrons. The Morgan fingerprint density at radius 1 is 1.61 bits per heavy atom. The second-order valence-electron chi connectivity index (χ2n) is 3.95. The van der Waals surface area contributed by atoms with Crippen molar-refractivity contribution in [2.45, 2.75) is 19.4 Å². The Kier molecular flexibility index (Phi) is 3.99. The van der Waals surface area contributed by atoms with Gasteiger partial charge in [-0.15, -0.1) is 11.3 Å². The van der Waals surface area contributed by atoms with E-state index in [1.165, 1.54) is 11.3 Å². The van der Waals surface area contributed by atoms with Crippen LogP contribution in [0.2, 0.25) is 0 Å². The zero-order valence-corrected chi connectivity index (χ0v) is 10.8. The molecule has 0 aliphatic rings. The summed E-state index contributed by atoms with van der Waals surface area (Å²) in [4.78, 5) is 16.9. The van der Waals surface area contributed by atoms with E-state index in [1.54, 1.807) is 6.26 Å². The van der Waals surface area contributed by atoms with Crippen molar-refractivity contribution in [2.75, 3.05) is 11.9 Å². The Balaban J connectivity index is 1.94. The minimum Gasteiger partial charge on any atom is -0.481 e. The molecule has 0 atom stereocenters. The molecule has 2 aromatic heterocycles. The van der Waals surface area contributed by atoms with Gasteiger partial charge in [-0.3, -0.25) is 4.79 Å². The maximum absolute atomic E-state index is 10.5. The Morgan fingerprint density at radius 2 is 2.44 bits per heavy atom. The molecule has 0 aromatic carbocycles. The van der Waals surface area contributed by atoms with Crippen molar-refractivity contribution in [1.29, 1.82) is 0 Å². The number of aliphatic carboxylic acids is 1. The summed E-state index contributed by atoms with van der Waals surface area (Å²) in [6, 6.07) is 3.76. The second kappa shape index (κ2) is 5.68. The number of carboxylic acids is 1. The number of rotatable bonds is 6. The average Bonchev–Trinajstić information content (AvgIpc) is 2.96. The van der Waals surface area contributed by atoms with Crippen LogP contribution < -0.4 is 4.90 Å². The third-order valence-electron chi connectivity index (χ3n) is 2.43. The van der Waals surface area contributed by atoms with Crippen molar-refractivity contribution in [2.24, 2.45) is 0 Å². The molecule has 0 fully saturated rings. The minimum atomic E-state index is -0.798. The lowest BCUT2D eigenvalue weighted by molar-refractivity contribution is -0.136. The summed E-state index contributed by atoms with van der Waals surface area (Å²) >= 11 is 1.51. The molecule has 0 unspecified atom stereocenters. The van der Waals surface area contributed by atoms with Crippen LogP contribution in [0.5, 0.6) is 0 Å². The Morgan fingerprint density at radius 3 is 3.11 bits per heavy atom. The summed E-state index contributed by atoms with van der Waals surface area (Å²) in [6.07, 6.45) is 2.23. The Labute approximate surface area is 109 Å². The Hall–Kier alpha value is -1.82. The number of thiazole rings is 1. The fourth-order valence-electron chi connectivity index (χ4n) is 1.53. The van der Waals surface area contributed by atoms with E-state index in [0.717, 1.165) is 16.6 Å². The fourth-order valence-corrected chi connectivity index (χ4v) is 2.35. The van der Waals surface area contributed by atoms with Crippen LogP contribution in [0.25, 0.3) is 0 Å². The van der Waals surface area contributed by atoms with Crippen LogP contribution in [0.3, 0.4) is 0 Å². The lowest BCUT2D eigenvalue weighted by Crippen LogP contribution is -2.15. The number of hydrogen-bond acceptors (Lipinski definition) is 5.